The van der Waals surface area contributed by atoms with E-state index in [2.05, 4.69) is 23.3 Å². The van der Waals surface area contributed by atoms with Crippen LogP contribution in [0.25, 0.3) is 0 Å². The van der Waals surface area contributed by atoms with E-state index in [0.717, 1.165) is 32.4 Å². The number of rotatable bonds is 3. The Morgan fingerprint density at radius 1 is 1.26 bits per heavy atom. The number of piperidine rings is 1. The van der Waals surface area contributed by atoms with E-state index in [4.69, 9.17) is 0 Å². The molecule has 0 bridgehead atoms. The van der Waals surface area contributed by atoms with E-state index >= 15 is 0 Å². The summed E-state index contributed by atoms with van der Waals surface area (Å²) in [7, 11) is 1.92. The van der Waals surface area contributed by atoms with Crippen LogP contribution in [0, 0.1) is 12.8 Å². The summed E-state index contributed by atoms with van der Waals surface area (Å²) in [6, 6.07) is 0.317. The maximum Gasteiger partial charge on any atom is 0.226 e. The third-order valence-corrected chi connectivity index (χ3v) is 5.07. The molecule has 122 valence electrons. The first-order valence-corrected chi connectivity index (χ1v) is 8.40. The molecule has 2 aromatic heterocycles. The topological polar surface area (TPSA) is 56.0 Å². The van der Waals surface area contributed by atoms with Crippen LogP contribution in [0.2, 0.25) is 0 Å². The first-order valence-electron chi connectivity index (χ1n) is 8.40. The van der Waals surface area contributed by atoms with Gasteiger partial charge in [-0.2, -0.15) is 10.2 Å². The van der Waals surface area contributed by atoms with Crippen molar-refractivity contribution in [3.63, 3.8) is 0 Å². The van der Waals surface area contributed by atoms with Gasteiger partial charge in [0.1, 0.15) is 0 Å². The number of hydrogen-bond donors (Lipinski definition) is 0. The number of amides is 1. The van der Waals surface area contributed by atoms with Crippen LogP contribution in [0.1, 0.15) is 42.3 Å². The maximum absolute atomic E-state index is 12.8. The second kappa shape index (κ2) is 5.51. The minimum absolute atomic E-state index is 0.150. The third kappa shape index (κ3) is 2.78. The largest absolute Gasteiger partial charge is 0.340 e. The summed E-state index contributed by atoms with van der Waals surface area (Å²) in [4.78, 5) is 14.8. The van der Waals surface area contributed by atoms with Crippen molar-refractivity contribution in [2.45, 2.75) is 38.1 Å². The number of hydrogen-bond acceptors (Lipinski definition) is 3. The number of nitrogens with zero attached hydrogens (tertiary/aromatic N) is 5. The molecule has 23 heavy (non-hydrogen) atoms. The summed E-state index contributed by atoms with van der Waals surface area (Å²) in [5.41, 5.74) is 2.37. The standard InChI is InChI=1S/C17H23N5O/c1-12-7-19-22(9-12)14-4-3-5-21(11-14)17(23)16-6-15(16)13-8-18-20(2)10-13/h7-10,14-16H,3-6,11H2,1-2H3/t14-,15-,16+/m1/s1. The van der Waals surface area contributed by atoms with Crippen LogP contribution >= 0.6 is 0 Å². The van der Waals surface area contributed by atoms with E-state index in [9.17, 15) is 4.79 Å². The Balaban J connectivity index is 1.41. The molecule has 1 aliphatic heterocycles. The summed E-state index contributed by atoms with van der Waals surface area (Å²) in [5.74, 6) is 0.827. The summed E-state index contributed by atoms with van der Waals surface area (Å²) in [6.45, 7) is 3.72. The zero-order valence-corrected chi connectivity index (χ0v) is 13.7. The van der Waals surface area contributed by atoms with Crippen LogP contribution in [-0.4, -0.2) is 43.5 Å². The molecule has 1 saturated carbocycles. The SMILES string of the molecule is Cc1cnn([C@@H]2CCCN(C(=O)[C@H]3C[C@@H]3c3cnn(C)c3)C2)c1. The van der Waals surface area contributed by atoms with Gasteiger partial charge in [0, 0.05) is 38.4 Å². The Kier molecular flexibility index (Phi) is 3.47. The number of likely N-dealkylation sites (tertiary alicyclic amines) is 1. The maximum atomic E-state index is 12.8. The Labute approximate surface area is 136 Å². The van der Waals surface area contributed by atoms with E-state index in [1.807, 2.05) is 39.9 Å². The highest BCUT2D eigenvalue weighted by molar-refractivity contribution is 5.83. The lowest BCUT2D eigenvalue weighted by Gasteiger charge is -2.33. The van der Waals surface area contributed by atoms with Crippen LogP contribution in [0.15, 0.2) is 24.8 Å². The van der Waals surface area contributed by atoms with Gasteiger partial charge in [0.25, 0.3) is 0 Å². The normalized spacial score (nSPS) is 27.2. The summed E-state index contributed by atoms with van der Waals surface area (Å²) in [6.07, 6.45) is 11.0. The fourth-order valence-electron chi connectivity index (χ4n) is 3.71. The van der Waals surface area contributed by atoms with Crippen LogP contribution in [-0.2, 0) is 11.8 Å². The van der Waals surface area contributed by atoms with E-state index in [1.165, 1.54) is 11.1 Å². The van der Waals surface area contributed by atoms with Crippen molar-refractivity contribution in [2.24, 2.45) is 13.0 Å². The molecule has 6 heteroatoms. The lowest BCUT2D eigenvalue weighted by atomic mass is 10.0. The van der Waals surface area contributed by atoms with Gasteiger partial charge in [0.05, 0.1) is 18.4 Å². The molecule has 2 aromatic rings. The van der Waals surface area contributed by atoms with Crippen molar-refractivity contribution in [1.82, 2.24) is 24.5 Å². The minimum Gasteiger partial charge on any atom is -0.340 e. The number of carbonyl (C=O) groups is 1. The fraction of sp³-hybridized carbons (Fsp3) is 0.588. The predicted octanol–water partition coefficient (Wildman–Crippen LogP) is 1.89. The molecule has 3 heterocycles. The highest BCUT2D eigenvalue weighted by Gasteiger charge is 2.47. The zero-order chi connectivity index (χ0) is 16.0. The van der Waals surface area contributed by atoms with Crippen molar-refractivity contribution in [1.29, 1.82) is 0 Å². The molecule has 6 nitrogen and oxygen atoms in total. The number of carbonyl (C=O) groups excluding carboxylic acids is 1. The van der Waals surface area contributed by atoms with Gasteiger partial charge >= 0.3 is 0 Å². The molecule has 1 amide bonds. The molecule has 0 unspecified atom stereocenters. The summed E-state index contributed by atoms with van der Waals surface area (Å²) in [5, 5.41) is 8.65. The van der Waals surface area contributed by atoms with E-state index in [0.29, 0.717) is 17.9 Å². The van der Waals surface area contributed by atoms with E-state index in [1.54, 1.807) is 0 Å². The lowest BCUT2D eigenvalue weighted by Crippen LogP contribution is -2.41. The molecule has 2 aliphatic rings. The highest BCUT2D eigenvalue weighted by Crippen LogP contribution is 2.48. The number of aryl methyl sites for hydroxylation is 2. The molecule has 0 radical (unpaired) electrons. The predicted molar refractivity (Wildman–Crippen MR) is 85.9 cm³/mol. The Morgan fingerprint density at radius 3 is 2.83 bits per heavy atom. The van der Waals surface area contributed by atoms with Crippen molar-refractivity contribution < 1.29 is 4.79 Å². The average molecular weight is 313 g/mol. The molecule has 0 spiro atoms. The molecular formula is C17H23N5O. The first-order chi connectivity index (χ1) is 11.1. The van der Waals surface area contributed by atoms with Gasteiger partial charge in [-0.05, 0) is 43.2 Å². The quantitative estimate of drug-likeness (QED) is 0.869. The van der Waals surface area contributed by atoms with Crippen LogP contribution in [0.3, 0.4) is 0 Å². The van der Waals surface area contributed by atoms with Gasteiger partial charge in [0.2, 0.25) is 5.91 Å². The molecule has 0 N–H and O–H groups in total. The molecule has 0 aromatic carbocycles. The van der Waals surface area contributed by atoms with E-state index in [-0.39, 0.29) is 5.92 Å². The monoisotopic (exact) mass is 313 g/mol. The number of aromatic nitrogens is 4. The van der Waals surface area contributed by atoms with Crippen LogP contribution in [0.4, 0.5) is 0 Å². The van der Waals surface area contributed by atoms with Crippen LogP contribution in [0.5, 0.6) is 0 Å². The van der Waals surface area contributed by atoms with Gasteiger partial charge in [0.15, 0.2) is 0 Å². The van der Waals surface area contributed by atoms with Gasteiger partial charge in [-0.1, -0.05) is 0 Å². The van der Waals surface area contributed by atoms with E-state index < -0.39 is 0 Å². The molecule has 1 saturated heterocycles. The van der Waals surface area contributed by atoms with Gasteiger partial charge < -0.3 is 4.90 Å². The summed E-state index contributed by atoms with van der Waals surface area (Å²) < 4.78 is 3.84. The molecule has 4 rings (SSSR count). The highest BCUT2D eigenvalue weighted by atomic mass is 16.2. The van der Waals surface area contributed by atoms with Crippen molar-refractivity contribution in [3.8, 4) is 0 Å². The third-order valence-electron chi connectivity index (χ3n) is 5.07. The molecule has 1 aliphatic carbocycles. The molecule has 2 fully saturated rings. The van der Waals surface area contributed by atoms with Gasteiger partial charge in [-0.15, -0.1) is 0 Å². The lowest BCUT2D eigenvalue weighted by molar-refractivity contribution is -0.134. The van der Waals surface area contributed by atoms with Crippen molar-refractivity contribution in [2.75, 3.05) is 13.1 Å². The minimum atomic E-state index is 0.150. The van der Waals surface area contributed by atoms with Crippen molar-refractivity contribution >= 4 is 5.91 Å². The summed E-state index contributed by atoms with van der Waals surface area (Å²) >= 11 is 0. The smallest absolute Gasteiger partial charge is 0.226 e. The van der Waals surface area contributed by atoms with Gasteiger partial charge in [-0.3, -0.25) is 14.2 Å². The zero-order valence-electron chi connectivity index (χ0n) is 13.7. The van der Waals surface area contributed by atoms with Crippen LogP contribution < -0.4 is 0 Å². The average Bonchev–Trinajstić information content (AvgIpc) is 3.04. The second-order valence-corrected chi connectivity index (χ2v) is 6.97. The second-order valence-electron chi connectivity index (χ2n) is 6.97. The Morgan fingerprint density at radius 2 is 2.13 bits per heavy atom. The first kappa shape index (κ1) is 14.5. The van der Waals surface area contributed by atoms with Crippen molar-refractivity contribution in [3.05, 3.63) is 35.9 Å². The Hall–Kier alpha value is -2.11. The van der Waals surface area contributed by atoms with Gasteiger partial charge in [-0.25, -0.2) is 0 Å². The fourth-order valence-corrected chi connectivity index (χ4v) is 3.71. The molecular weight excluding hydrogens is 290 g/mol. The Bertz CT molecular complexity index is 718. The molecule has 3 atom stereocenters.